The standard InChI is InChI=1S/C12H7F3N4S/c13-12(14,15)9-3-11(10(6-18)19-7-9)20-2-1-8(4-16)5-17/h3,7-8H,1-2H2. The maximum atomic E-state index is 12.5. The first-order valence-electron chi connectivity index (χ1n) is 5.31. The minimum absolute atomic E-state index is 0.0944. The molecule has 1 rings (SSSR count). The summed E-state index contributed by atoms with van der Waals surface area (Å²) in [6.45, 7) is 0. The van der Waals surface area contributed by atoms with Crippen molar-refractivity contribution in [3.05, 3.63) is 23.5 Å². The van der Waals surface area contributed by atoms with E-state index in [-0.39, 0.29) is 22.8 Å². The summed E-state index contributed by atoms with van der Waals surface area (Å²) in [4.78, 5) is 3.56. The quantitative estimate of drug-likeness (QED) is 0.797. The zero-order chi connectivity index (χ0) is 15.2. The van der Waals surface area contributed by atoms with Gasteiger partial charge in [0.15, 0.2) is 5.69 Å². The zero-order valence-electron chi connectivity index (χ0n) is 9.98. The summed E-state index contributed by atoms with van der Waals surface area (Å²) in [5.74, 6) is -0.560. The molecule has 0 aromatic carbocycles. The van der Waals surface area contributed by atoms with Crippen LogP contribution in [-0.2, 0) is 6.18 Å². The Bertz CT molecular complexity index is 593. The number of nitriles is 3. The highest BCUT2D eigenvalue weighted by molar-refractivity contribution is 7.99. The fourth-order valence-electron chi connectivity index (χ4n) is 1.24. The molecule has 0 aliphatic rings. The van der Waals surface area contributed by atoms with Crippen LogP contribution in [0.25, 0.3) is 0 Å². The third-order valence-electron chi connectivity index (χ3n) is 2.26. The average Bonchev–Trinajstić information content (AvgIpc) is 2.42. The molecule has 0 saturated heterocycles. The maximum Gasteiger partial charge on any atom is 0.417 e. The summed E-state index contributed by atoms with van der Waals surface area (Å²) in [6, 6.07) is 6.10. The summed E-state index contributed by atoms with van der Waals surface area (Å²) in [7, 11) is 0. The highest BCUT2D eigenvalue weighted by atomic mass is 32.2. The third-order valence-corrected chi connectivity index (χ3v) is 3.32. The Morgan fingerprint density at radius 1 is 1.25 bits per heavy atom. The number of halogens is 3. The highest BCUT2D eigenvalue weighted by Crippen LogP contribution is 2.32. The zero-order valence-corrected chi connectivity index (χ0v) is 10.8. The molecule has 0 radical (unpaired) electrons. The molecule has 1 heterocycles. The van der Waals surface area contributed by atoms with E-state index in [1.54, 1.807) is 18.2 Å². The molecule has 0 unspecified atom stereocenters. The average molecular weight is 296 g/mol. The topological polar surface area (TPSA) is 84.3 Å². The molecule has 0 spiro atoms. The van der Waals surface area contributed by atoms with E-state index in [4.69, 9.17) is 15.8 Å². The Labute approximate surface area is 117 Å². The summed E-state index contributed by atoms with van der Waals surface area (Å²) in [6.07, 6.45) is -3.72. The fraction of sp³-hybridized carbons (Fsp3) is 0.333. The number of alkyl halides is 3. The Morgan fingerprint density at radius 2 is 1.90 bits per heavy atom. The van der Waals surface area contributed by atoms with Crippen molar-refractivity contribution in [1.82, 2.24) is 4.98 Å². The third kappa shape index (κ3) is 4.15. The number of rotatable bonds is 4. The predicted molar refractivity (Wildman–Crippen MR) is 64.0 cm³/mol. The lowest BCUT2D eigenvalue weighted by atomic mass is 10.1. The van der Waals surface area contributed by atoms with Gasteiger partial charge in [-0.2, -0.15) is 29.0 Å². The SMILES string of the molecule is N#Cc1ncc(C(F)(F)F)cc1SCCC(C#N)C#N. The van der Waals surface area contributed by atoms with Crippen molar-refractivity contribution < 1.29 is 13.2 Å². The van der Waals surface area contributed by atoms with Crippen LogP contribution in [0.15, 0.2) is 17.2 Å². The number of hydrogen-bond acceptors (Lipinski definition) is 5. The van der Waals surface area contributed by atoms with Crippen LogP contribution in [-0.4, -0.2) is 10.7 Å². The van der Waals surface area contributed by atoms with Gasteiger partial charge in [0.05, 0.1) is 17.7 Å². The Balaban J connectivity index is 2.86. The smallest absolute Gasteiger partial charge is 0.244 e. The van der Waals surface area contributed by atoms with Gasteiger partial charge in [0.1, 0.15) is 12.0 Å². The summed E-state index contributed by atoms with van der Waals surface area (Å²) < 4.78 is 37.6. The van der Waals surface area contributed by atoms with Crippen LogP contribution < -0.4 is 0 Å². The minimum atomic E-state index is -4.53. The van der Waals surface area contributed by atoms with Gasteiger partial charge in [-0.1, -0.05) is 0 Å². The number of thioether (sulfide) groups is 1. The van der Waals surface area contributed by atoms with Crippen LogP contribution in [0.3, 0.4) is 0 Å². The van der Waals surface area contributed by atoms with Crippen LogP contribution in [0.1, 0.15) is 17.7 Å². The summed E-state index contributed by atoms with van der Waals surface area (Å²) >= 11 is 0.974. The van der Waals surface area contributed by atoms with E-state index in [0.29, 0.717) is 6.20 Å². The van der Waals surface area contributed by atoms with Gasteiger partial charge in [-0.05, 0) is 12.5 Å². The number of hydrogen-bond donors (Lipinski definition) is 0. The van der Waals surface area contributed by atoms with Crippen molar-refractivity contribution in [1.29, 1.82) is 15.8 Å². The molecule has 8 heteroatoms. The Morgan fingerprint density at radius 3 is 2.40 bits per heavy atom. The Hall–Kier alpha value is -2.24. The molecule has 0 fully saturated rings. The van der Waals surface area contributed by atoms with Gasteiger partial charge in [0.25, 0.3) is 0 Å². The van der Waals surface area contributed by atoms with Crippen LogP contribution >= 0.6 is 11.8 Å². The van der Waals surface area contributed by atoms with Gasteiger partial charge in [0, 0.05) is 16.8 Å². The van der Waals surface area contributed by atoms with Gasteiger partial charge in [-0.3, -0.25) is 0 Å². The van der Waals surface area contributed by atoms with Crippen molar-refractivity contribution >= 4 is 11.8 Å². The molecule has 0 aliphatic heterocycles. The highest BCUT2D eigenvalue weighted by Gasteiger charge is 2.31. The molecule has 0 saturated carbocycles. The first-order chi connectivity index (χ1) is 9.42. The lowest BCUT2D eigenvalue weighted by Crippen LogP contribution is -2.06. The van der Waals surface area contributed by atoms with Gasteiger partial charge in [0.2, 0.25) is 0 Å². The molecule has 4 nitrogen and oxygen atoms in total. The number of pyridine rings is 1. The molecule has 0 bridgehead atoms. The van der Waals surface area contributed by atoms with Gasteiger partial charge in [-0.15, -0.1) is 11.8 Å². The van der Waals surface area contributed by atoms with Crippen molar-refractivity contribution in [3.63, 3.8) is 0 Å². The molecule has 0 aliphatic carbocycles. The predicted octanol–water partition coefficient (Wildman–Crippen LogP) is 3.12. The molecular formula is C12H7F3N4S. The van der Waals surface area contributed by atoms with Gasteiger partial charge < -0.3 is 0 Å². The van der Waals surface area contributed by atoms with E-state index in [1.165, 1.54) is 0 Å². The second kappa shape index (κ2) is 6.79. The molecular weight excluding hydrogens is 289 g/mol. The number of aromatic nitrogens is 1. The van der Waals surface area contributed by atoms with Crippen molar-refractivity contribution in [2.24, 2.45) is 5.92 Å². The van der Waals surface area contributed by atoms with Crippen LogP contribution in [0, 0.1) is 39.9 Å². The van der Waals surface area contributed by atoms with Gasteiger partial charge in [-0.25, -0.2) is 4.98 Å². The van der Waals surface area contributed by atoms with E-state index < -0.39 is 17.7 Å². The van der Waals surface area contributed by atoms with E-state index in [0.717, 1.165) is 17.8 Å². The van der Waals surface area contributed by atoms with E-state index in [2.05, 4.69) is 4.98 Å². The van der Waals surface area contributed by atoms with Gasteiger partial charge >= 0.3 is 6.18 Å². The normalized spacial score (nSPS) is 10.7. The summed E-state index contributed by atoms with van der Waals surface area (Å²) in [5, 5.41) is 26.0. The molecule has 0 N–H and O–H groups in total. The second-order valence-corrected chi connectivity index (χ2v) is 4.76. The largest absolute Gasteiger partial charge is 0.417 e. The van der Waals surface area contributed by atoms with Crippen molar-refractivity contribution in [2.75, 3.05) is 5.75 Å². The van der Waals surface area contributed by atoms with Crippen LogP contribution in [0.2, 0.25) is 0 Å². The van der Waals surface area contributed by atoms with E-state index in [1.807, 2.05) is 0 Å². The molecule has 102 valence electrons. The lowest BCUT2D eigenvalue weighted by molar-refractivity contribution is -0.138. The molecule has 20 heavy (non-hydrogen) atoms. The second-order valence-electron chi connectivity index (χ2n) is 3.63. The molecule has 1 aromatic rings. The molecule has 0 amide bonds. The first kappa shape index (κ1) is 15.8. The molecule has 1 aromatic heterocycles. The van der Waals surface area contributed by atoms with Crippen LogP contribution in [0.4, 0.5) is 13.2 Å². The molecule has 0 atom stereocenters. The van der Waals surface area contributed by atoms with E-state index >= 15 is 0 Å². The lowest BCUT2D eigenvalue weighted by Gasteiger charge is -2.09. The van der Waals surface area contributed by atoms with Crippen LogP contribution in [0.5, 0.6) is 0 Å². The van der Waals surface area contributed by atoms with E-state index in [9.17, 15) is 13.2 Å². The maximum absolute atomic E-state index is 12.5. The number of nitrogens with zero attached hydrogens (tertiary/aromatic N) is 4. The van der Waals surface area contributed by atoms with Crippen molar-refractivity contribution in [2.45, 2.75) is 17.5 Å². The van der Waals surface area contributed by atoms with Crippen molar-refractivity contribution in [3.8, 4) is 18.2 Å². The first-order valence-corrected chi connectivity index (χ1v) is 6.30. The summed E-state index contributed by atoms with van der Waals surface area (Å²) in [5.41, 5.74) is -1.04. The fourth-order valence-corrected chi connectivity index (χ4v) is 2.26. The Kier molecular flexibility index (Phi) is 5.37. The minimum Gasteiger partial charge on any atom is -0.244 e. The monoisotopic (exact) mass is 296 g/mol.